The highest BCUT2D eigenvalue weighted by Crippen LogP contribution is 2.24. The molecule has 354 valence electrons. The first-order valence-corrected chi connectivity index (χ1v) is 24.8. The number of allylic oxidation sites excluding steroid dienone is 13. The Balaban J connectivity index is 2.55. The molecule has 0 saturated carbocycles. The van der Waals surface area contributed by atoms with Crippen molar-refractivity contribution in [1.29, 1.82) is 0 Å². The van der Waals surface area contributed by atoms with Crippen LogP contribution >= 0.6 is 0 Å². The van der Waals surface area contributed by atoms with E-state index < -0.39 is 77.8 Å². The minimum atomic E-state index is -4.62. The SMILES string of the molecule is CCCCC/C=C/C/C=C/C/C=C/C/C=C/C/C=C/CCC(=O)O[C@H](COC(=O)/C=C/C=C/CCCCCCCCCCCCC)CO[C@H]1O[C@H](CS(=O)(=O)O)[C@@H](O)C(O)C1O. The summed E-state index contributed by atoms with van der Waals surface area (Å²) in [7, 11) is -4.62. The molecule has 1 heterocycles. The highest BCUT2D eigenvalue weighted by molar-refractivity contribution is 7.85. The third kappa shape index (κ3) is 32.5. The number of rotatable bonds is 37. The first-order chi connectivity index (χ1) is 30.0. The molecule has 1 rings (SSSR count). The number of aliphatic hydroxyl groups is 3. The Morgan fingerprint density at radius 3 is 1.65 bits per heavy atom. The first-order valence-electron chi connectivity index (χ1n) is 23.2. The summed E-state index contributed by atoms with van der Waals surface area (Å²) in [6, 6.07) is 0. The van der Waals surface area contributed by atoms with Crippen LogP contribution in [0.15, 0.2) is 85.1 Å². The van der Waals surface area contributed by atoms with Crippen molar-refractivity contribution in [1.82, 2.24) is 0 Å². The molecule has 0 amide bonds. The van der Waals surface area contributed by atoms with Gasteiger partial charge in [-0.05, 0) is 57.8 Å². The lowest BCUT2D eigenvalue weighted by molar-refractivity contribution is -0.297. The van der Waals surface area contributed by atoms with Crippen molar-refractivity contribution in [3.63, 3.8) is 0 Å². The van der Waals surface area contributed by atoms with Gasteiger partial charge >= 0.3 is 11.9 Å². The van der Waals surface area contributed by atoms with Gasteiger partial charge in [0.2, 0.25) is 0 Å². The second kappa shape index (κ2) is 38.3. The predicted molar refractivity (Wildman–Crippen MR) is 247 cm³/mol. The Morgan fingerprint density at radius 2 is 1.08 bits per heavy atom. The van der Waals surface area contributed by atoms with Crippen molar-refractivity contribution < 1.29 is 56.8 Å². The molecule has 6 atom stereocenters. The van der Waals surface area contributed by atoms with E-state index in [2.05, 4.69) is 56.4 Å². The van der Waals surface area contributed by atoms with Crippen molar-refractivity contribution >= 4 is 22.1 Å². The molecule has 0 aromatic carbocycles. The summed E-state index contributed by atoms with van der Waals surface area (Å²) in [6.45, 7) is 3.55. The van der Waals surface area contributed by atoms with Gasteiger partial charge in [-0.15, -0.1) is 0 Å². The van der Waals surface area contributed by atoms with Crippen LogP contribution in [-0.4, -0.2) is 96.0 Å². The van der Waals surface area contributed by atoms with Crippen molar-refractivity contribution in [3.05, 3.63) is 85.1 Å². The second-order valence-corrected chi connectivity index (χ2v) is 17.3. The molecule has 0 aliphatic carbocycles. The quantitative estimate of drug-likeness (QED) is 0.0116. The van der Waals surface area contributed by atoms with Gasteiger partial charge in [0.15, 0.2) is 12.4 Å². The van der Waals surface area contributed by atoms with E-state index in [1.807, 2.05) is 24.3 Å². The van der Waals surface area contributed by atoms with E-state index in [-0.39, 0.29) is 6.42 Å². The molecule has 1 aliphatic heterocycles. The minimum absolute atomic E-state index is 0.0171. The number of aliphatic hydroxyl groups excluding tert-OH is 3. The van der Waals surface area contributed by atoms with Crippen molar-refractivity contribution in [2.24, 2.45) is 0 Å². The van der Waals surface area contributed by atoms with Crippen molar-refractivity contribution in [2.75, 3.05) is 19.0 Å². The number of unbranched alkanes of at least 4 members (excludes halogenated alkanes) is 14. The maximum Gasteiger partial charge on any atom is 0.330 e. The monoisotopic (exact) mass is 893 g/mol. The predicted octanol–water partition coefficient (Wildman–Crippen LogP) is 9.67. The number of carbonyl (C=O) groups excluding carboxylic acids is 2. The van der Waals surface area contributed by atoms with Crippen LogP contribution in [0.1, 0.15) is 155 Å². The zero-order valence-corrected chi connectivity index (χ0v) is 38.5. The highest BCUT2D eigenvalue weighted by Gasteiger charge is 2.46. The maximum atomic E-state index is 12.8. The van der Waals surface area contributed by atoms with Gasteiger partial charge in [0.1, 0.15) is 36.8 Å². The molecule has 13 heteroatoms. The average Bonchev–Trinajstić information content (AvgIpc) is 3.24. The lowest BCUT2D eigenvalue weighted by Gasteiger charge is -2.40. The molecular formula is C49H80O12S. The fourth-order valence-electron chi connectivity index (χ4n) is 6.45. The summed E-state index contributed by atoms with van der Waals surface area (Å²) in [5.74, 6) is -2.36. The van der Waals surface area contributed by atoms with Crippen LogP contribution in [0, 0.1) is 0 Å². The molecule has 0 radical (unpaired) electrons. The molecular weight excluding hydrogens is 813 g/mol. The number of ether oxygens (including phenoxy) is 4. The summed E-state index contributed by atoms with van der Waals surface area (Å²) in [5, 5.41) is 30.9. The molecule has 0 aromatic heterocycles. The Hall–Kier alpha value is -3.17. The largest absolute Gasteiger partial charge is 0.458 e. The topological polar surface area (TPSA) is 186 Å². The summed E-state index contributed by atoms with van der Waals surface area (Å²) < 4.78 is 53.8. The molecule has 1 fully saturated rings. The van der Waals surface area contributed by atoms with Crippen LogP contribution in [0.25, 0.3) is 0 Å². The van der Waals surface area contributed by atoms with E-state index in [1.165, 1.54) is 89.5 Å². The third-order valence-electron chi connectivity index (χ3n) is 10.1. The van der Waals surface area contributed by atoms with Crippen molar-refractivity contribution in [3.8, 4) is 0 Å². The van der Waals surface area contributed by atoms with Gasteiger partial charge < -0.3 is 34.3 Å². The van der Waals surface area contributed by atoms with E-state index in [1.54, 1.807) is 12.2 Å². The zero-order valence-electron chi connectivity index (χ0n) is 37.7. The fourth-order valence-corrected chi connectivity index (χ4v) is 7.15. The molecule has 12 nitrogen and oxygen atoms in total. The van der Waals surface area contributed by atoms with E-state index in [0.29, 0.717) is 12.8 Å². The third-order valence-corrected chi connectivity index (χ3v) is 10.8. The van der Waals surface area contributed by atoms with Crippen LogP contribution in [0.4, 0.5) is 0 Å². The Labute approximate surface area is 373 Å². The first kappa shape index (κ1) is 56.8. The van der Waals surface area contributed by atoms with Gasteiger partial charge in [0.25, 0.3) is 10.1 Å². The summed E-state index contributed by atoms with van der Waals surface area (Å²) in [5.41, 5.74) is 0. The van der Waals surface area contributed by atoms with Gasteiger partial charge in [0.05, 0.1) is 6.61 Å². The molecule has 2 unspecified atom stereocenters. The summed E-state index contributed by atoms with van der Waals surface area (Å²) >= 11 is 0. The maximum absolute atomic E-state index is 12.8. The number of hydrogen-bond donors (Lipinski definition) is 4. The van der Waals surface area contributed by atoms with Gasteiger partial charge in [-0.3, -0.25) is 9.35 Å². The Kier molecular flexibility index (Phi) is 35.1. The van der Waals surface area contributed by atoms with Crippen LogP contribution in [-0.2, 0) is 38.7 Å². The minimum Gasteiger partial charge on any atom is -0.458 e. The average molecular weight is 893 g/mol. The van der Waals surface area contributed by atoms with Gasteiger partial charge in [-0.25, -0.2) is 4.79 Å². The van der Waals surface area contributed by atoms with E-state index in [4.69, 9.17) is 18.9 Å². The van der Waals surface area contributed by atoms with E-state index in [9.17, 15) is 37.9 Å². The number of hydrogen-bond acceptors (Lipinski definition) is 11. The lowest BCUT2D eigenvalue weighted by Crippen LogP contribution is -2.60. The normalized spacial score (nSPS) is 20.6. The van der Waals surface area contributed by atoms with Gasteiger partial charge in [-0.2, -0.15) is 8.42 Å². The van der Waals surface area contributed by atoms with Crippen LogP contribution < -0.4 is 0 Å². The zero-order chi connectivity index (χ0) is 45.5. The van der Waals surface area contributed by atoms with Gasteiger partial charge in [-0.1, -0.05) is 170 Å². The Morgan fingerprint density at radius 1 is 0.597 bits per heavy atom. The lowest BCUT2D eigenvalue weighted by atomic mass is 10.00. The molecule has 1 aliphatic rings. The highest BCUT2D eigenvalue weighted by atomic mass is 32.2. The van der Waals surface area contributed by atoms with Gasteiger partial charge in [0, 0.05) is 12.5 Å². The standard InChI is InChI=1S/C49H80O12S/c1-3-5-7-9-11-13-15-17-19-20-21-22-24-26-28-30-32-34-36-38-45(51)60-42(40-59-49-48(54)47(53)46(52)43(61-49)41-62(55,56)57)39-58-44(50)37-35-33-31-29-27-25-23-18-16-14-12-10-8-6-4-2/h11,13,17,19,21-22,26,28,31-35,37,42-43,46-49,52-54H,3-10,12,14-16,18,20,23-25,27,29-30,36,38-41H2,1-2H3,(H,55,56,57)/b13-11+,19-17+,22-21+,28-26+,33-31+,34-32+,37-35+/t42-,43-,46-,47?,48?,49+/m1/s1. The second-order valence-electron chi connectivity index (χ2n) is 15.8. The molecule has 0 spiro atoms. The van der Waals surface area contributed by atoms with E-state index in [0.717, 1.165) is 38.5 Å². The molecule has 62 heavy (non-hydrogen) atoms. The van der Waals surface area contributed by atoms with E-state index >= 15 is 0 Å². The van der Waals surface area contributed by atoms with Crippen molar-refractivity contribution in [2.45, 2.75) is 192 Å². The summed E-state index contributed by atoms with van der Waals surface area (Å²) in [6.07, 6.45) is 41.3. The summed E-state index contributed by atoms with van der Waals surface area (Å²) in [4.78, 5) is 25.3. The Bertz CT molecular complexity index is 1460. The molecule has 0 aromatic rings. The molecule has 1 saturated heterocycles. The van der Waals surface area contributed by atoms with Crippen LogP contribution in [0.5, 0.6) is 0 Å². The molecule has 4 N–H and O–H groups in total. The number of carbonyl (C=O) groups is 2. The number of esters is 2. The van der Waals surface area contributed by atoms with Crippen LogP contribution in [0.3, 0.4) is 0 Å². The fraction of sp³-hybridized carbons (Fsp3) is 0.673. The van der Waals surface area contributed by atoms with Crippen LogP contribution in [0.2, 0.25) is 0 Å². The smallest absolute Gasteiger partial charge is 0.330 e. The molecule has 0 bridgehead atoms.